The van der Waals surface area contributed by atoms with Crippen LogP contribution in [0.4, 0.5) is 8.78 Å². The van der Waals surface area contributed by atoms with E-state index in [1.165, 1.54) is 30.7 Å². The average Bonchev–Trinajstić information content (AvgIpc) is 3.06. The first-order valence-electron chi connectivity index (χ1n) is 8.19. The summed E-state index contributed by atoms with van der Waals surface area (Å²) in [5, 5.41) is 7.26. The SMILES string of the molecule is CCNC(=NCC(C)c1ccc(F)c(F)c1)NCC1CCCS1.I. The summed E-state index contributed by atoms with van der Waals surface area (Å²) in [4.78, 5) is 4.57. The Balaban J connectivity index is 0.00000288. The summed E-state index contributed by atoms with van der Waals surface area (Å²) in [7, 11) is 0. The van der Waals surface area contributed by atoms with E-state index >= 15 is 0 Å². The lowest BCUT2D eigenvalue weighted by Crippen LogP contribution is -2.40. The first-order chi connectivity index (χ1) is 11.1. The van der Waals surface area contributed by atoms with Gasteiger partial charge in [0.15, 0.2) is 17.6 Å². The molecule has 0 aliphatic carbocycles. The molecule has 0 radical (unpaired) electrons. The molecule has 7 heteroatoms. The standard InChI is InChI=1S/C17H25F2N3S.HI/c1-3-20-17(22-11-14-5-4-8-23-14)21-10-12(2)13-6-7-15(18)16(19)9-13;/h6-7,9,12,14H,3-5,8,10-11H2,1-2H3,(H2,20,21,22);1H. The van der Waals surface area contributed by atoms with Crippen molar-refractivity contribution in [2.75, 3.05) is 25.4 Å². The van der Waals surface area contributed by atoms with E-state index in [4.69, 9.17) is 0 Å². The molecule has 1 heterocycles. The van der Waals surface area contributed by atoms with Crippen molar-refractivity contribution in [3.8, 4) is 0 Å². The minimum atomic E-state index is -0.812. The quantitative estimate of drug-likeness (QED) is 0.374. The van der Waals surface area contributed by atoms with Crippen LogP contribution >= 0.6 is 35.7 Å². The van der Waals surface area contributed by atoms with E-state index in [1.54, 1.807) is 6.07 Å². The van der Waals surface area contributed by atoms with Gasteiger partial charge >= 0.3 is 0 Å². The number of thioether (sulfide) groups is 1. The molecule has 1 aromatic rings. The Labute approximate surface area is 164 Å². The van der Waals surface area contributed by atoms with Crippen LogP contribution in [0.5, 0.6) is 0 Å². The van der Waals surface area contributed by atoms with Crippen LogP contribution in [0.25, 0.3) is 0 Å². The third-order valence-corrected chi connectivity index (χ3v) is 5.30. The van der Waals surface area contributed by atoms with E-state index < -0.39 is 11.6 Å². The van der Waals surface area contributed by atoms with Gasteiger partial charge in [-0.2, -0.15) is 11.8 Å². The molecule has 0 saturated carbocycles. The van der Waals surface area contributed by atoms with E-state index in [9.17, 15) is 8.78 Å². The van der Waals surface area contributed by atoms with Gasteiger partial charge in [0, 0.05) is 30.8 Å². The van der Waals surface area contributed by atoms with Crippen molar-refractivity contribution >= 4 is 41.7 Å². The summed E-state index contributed by atoms with van der Waals surface area (Å²) >= 11 is 2.00. The zero-order valence-electron chi connectivity index (χ0n) is 14.1. The Morgan fingerprint density at radius 3 is 2.75 bits per heavy atom. The first-order valence-corrected chi connectivity index (χ1v) is 9.23. The predicted molar refractivity (Wildman–Crippen MR) is 110 cm³/mol. The molecule has 3 nitrogen and oxygen atoms in total. The lowest BCUT2D eigenvalue weighted by molar-refractivity contribution is 0.505. The highest BCUT2D eigenvalue weighted by Crippen LogP contribution is 2.25. The summed E-state index contributed by atoms with van der Waals surface area (Å²) < 4.78 is 26.3. The van der Waals surface area contributed by atoms with E-state index in [-0.39, 0.29) is 29.9 Å². The topological polar surface area (TPSA) is 36.4 Å². The van der Waals surface area contributed by atoms with Crippen molar-refractivity contribution < 1.29 is 8.78 Å². The summed E-state index contributed by atoms with van der Waals surface area (Å²) in [5.41, 5.74) is 0.759. The molecule has 24 heavy (non-hydrogen) atoms. The molecule has 0 spiro atoms. The Morgan fingerprint density at radius 2 is 2.12 bits per heavy atom. The zero-order chi connectivity index (χ0) is 16.7. The second kappa shape index (κ2) is 11.1. The zero-order valence-corrected chi connectivity index (χ0v) is 17.3. The summed E-state index contributed by atoms with van der Waals surface area (Å²) in [5.74, 6) is 0.443. The highest BCUT2D eigenvalue weighted by molar-refractivity contribution is 14.0. The number of hydrogen-bond acceptors (Lipinski definition) is 2. The maximum Gasteiger partial charge on any atom is 0.191 e. The third kappa shape index (κ3) is 6.74. The fourth-order valence-electron chi connectivity index (χ4n) is 2.51. The molecule has 1 fully saturated rings. The number of rotatable bonds is 6. The molecule has 0 amide bonds. The molecule has 2 N–H and O–H groups in total. The van der Waals surface area contributed by atoms with Crippen molar-refractivity contribution in [3.63, 3.8) is 0 Å². The number of halogens is 3. The number of nitrogens with one attached hydrogen (secondary N) is 2. The molecule has 136 valence electrons. The Kier molecular flexibility index (Phi) is 9.95. The number of benzene rings is 1. The summed E-state index contributed by atoms with van der Waals surface area (Å²) in [6.07, 6.45) is 2.54. The maximum atomic E-state index is 13.3. The number of aliphatic imine (C=N–C) groups is 1. The normalized spacial score (nSPS) is 18.8. The molecule has 1 aromatic carbocycles. The highest BCUT2D eigenvalue weighted by atomic mass is 127. The molecule has 1 aliphatic rings. The highest BCUT2D eigenvalue weighted by Gasteiger charge is 2.15. The monoisotopic (exact) mass is 469 g/mol. The van der Waals surface area contributed by atoms with E-state index in [0.29, 0.717) is 11.8 Å². The van der Waals surface area contributed by atoms with Gasteiger partial charge in [0.25, 0.3) is 0 Å². The molecular formula is C17H26F2IN3S. The van der Waals surface area contributed by atoms with Crippen LogP contribution in [0.2, 0.25) is 0 Å². The van der Waals surface area contributed by atoms with Gasteiger partial charge < -0.3 is 10.6 Å². The molecule has 0 aromatic heterocycles. The predicted octanol–water partition coefficient (Wildman–Crippen LogP) is 4.14. The molecule has 0 bridgehead atoms. The molecule has 1 aliphatic heterocycles. The Bertz CT molecular complexity index is 537. The lowest BCUT2D eigenvalue weighted by atomic mass is 10.0. The van der Waals surface area contributed by atoms with E-state index in [1.807, 2.05) is 25.6 Å². The second-order valence-electron chi connectivity index (χ2n) is 5.81. The lowest BCUT2D eigenvalue weighted by Gasteiger charge is -2.16. The van der Waals surface area contributed by atoms with Crippen LogP contribution in [0.3, 0.4) is 0 Å². The Hall–Kier alpha value is -0.570. The minimum Gasteiger partial charge on any atom is -0.357 e. The van der Waals surface area contributed by atoms with Gasteiger partial charge in [-0.3, -0.25) is 4.99 Å². The number of guanidine groups is 1. The fourth-order valence-corrected chi connectivity index (χ4v) is 3.71. The minimum absolute atomic E-state index is 0. The van der Waals surface area contributed by atoms with E-state index in [0.717, 1.165) is 24.6 Å². The molecule has 2 rings (SSSR count). The van der Waals surface area contributed by atoms with Crippen molar-refractivity contribution in [1.82, 2.24) is 10.6 Å². The summed E-state index contributed by atoms with van der Waals surface area (Å²) in [6, 6.07) is 4.05. The van der Waals surface area contributed by atoms with Crippen molar-refractivity contribution in [2.45, 2.75) is 37.9 Å². The van der Waals surface area contributed by atoms with Crippen LogP contribution < -0.4 is 10.6 Å². The summed E-state index contributed by atoms with van der Waals surface area (Å²) in [6.45, 7) is 6.23. The van der Waals surface area contributed by atoms with Gasteiger partial charge in [-0.1, -0.05) is 13.0 Å². The van der Waals surface area contributed by atoms with Crippen LogP contribution in [0.1, 0.15) is 38.2 Å². The van der Waals surface area contributed by atoms with Gasteiger partial charge in [0.2, 0.25) is 0 Å². The third-order valence-electron chi connectivity index (χ3n) is 3.90. The van der Waals surface area contributed by atoms with Gasteiger partial charge in [0.05, 0.1) is 0 Å². The second-order valence-corrected chi connectivity index (χ2v) is 7.22. The fraction of sp³-hybridized carbons (Fsp3) is 0.588. The van der Waals surface area contributed by atoms with Crippen LogP contribution in [0, 0.1) is 11.6 Å². The van der Waals surface area contributed by atoms with Gasteiger partial charge in [0.1, 0.15) is 0 Å². The molecular weight excluding hydrogens is 443 g/mol. The molecule has 2 unspecified atom stereocenters. The first kappa shape index (κ1) is 21.5. The van der Waals surface area contributed by atoms with Crippen LogP contribution in [-0.2, 0) is 0 Å². The van der Waals surface area contributed by atoms with Gasteiger partial charge in [-0.15, -0.1) is 24.0 Å². The smallest absolute Gasteiger partial charge is 0.191 e. The number of nitrogens with zero attached hydrogens (tertiary/aromatic N) is 1. The molecule has 2 atom stereocenters. The van der Waals surface area contributed by atoms with Crippen molar-refractivity contribution in [2.24, 2.45) is 4.99 Å². The van der Waals surface area contributed by atoms with Gasteiger partial charge in [-0.25, -0.2) is 8.78 Å². The Morgan fingerprint density at radius 1 is 1.33 bits per heavy atom. The van der Waals surface area contributed by atoms with E-state index in [2.05, 4.69) is 15.6 Å². The van der Waals surface area contributed by atoms with Crippen molar-refractivity contribution in [3.05, 3.63) is 35.4 Å². The average molecular weight is 469 g/mol. The van der Waals surface area contributed by atoms with Crippen LogP contribution in [0.15, 0.2) is 23.2 Å². The molecule has 1 saturated heterocycles. The van der Waals surface area contributed by atoms with Crippen LogP contribution in [-0.4, -0.2) is 36.6 Å². The maximum absolute atomic E-state index is 13.3. The largest absolute Gasteiger partial charge is 0.357 e. The number of hydrogen-bond donors (Lipinski definition) is 2. The van der Waals surface area contributed by atoms with Gasteiger partial charge in [-0.05, 0) is 43.2 Å². The van der Waals surface area contributed by atoms with Crippen molar-refractivity contribution in [1.29, 1.82) is 0 Å².